The minimum absolute atomic E-state index is 0.0392. The Morgan fingerprint density at radius 3 is 2.38 bits per heavy atom. The Balaban J connectivity index is 1.86. The number of benzene rings is 1. The van der Waals surface area contributed by atoms with E-state index in [9.17, 15) is 19.5 Å². The average Bonchev–Trinajstić information content (AvgIpc) is 3.56. The van der Waals surface area contributed by atoms with Gasteiger partial charge in [0.2, 0.25) is 11.8 Å². The van der Waals surface area contributed by atoms with Gasteiger partial charge in [-0.3, -0.25) is 14.4 Å². The number of methoxy groups -OCH3 is 1. The van der Waals surface area contributed by atoms with Gasteiger partial charge in [-0.1, -0.05) is 39.3 Å². The van der Waals surface area contributed by atoms with Crippen LogP contribution in [0.2, 0.25) is 0 Å². The molecule has 0 aromatic heterocycles. The van der Waals surface area contributed by atoms with Crippen molar-refractivity contribution in [2.24, 2.45) is 17.8 Å². The van der Waals surface area contributed by atoms with Crippen LogP contribution in [-0.4, -0.2) is 87.6 Å². The van der Waals surface area contributed by atoms with Gasteiger partial charge >= 0.3 is 0 Å². The number of ether oxygens (including phenoxy) is 1. The third-order valence-corrected chi connectivity index (χ3v) is 11.7. The van der Waals surface area contributed by atoms with Crippen LogP contribution < -0.4 is 9.64 Å². The molecule has 0 aliphatic carbocycles. The van der Waals surface area contributed by atoms with E-state index in [2.05, 4.69) is 20.1 Å². The molecule has 3 aliphatic rings. The number of fused-ring (bicyclic) bond motifs is 1. The van der Waals surface area contributed by atoms with E-state index in [-0.39, 0.29) is 36.8 Å². The van der Waals surface area contributed by atoms with Gasteiger partial charge in [-0.2, -0.15) is 0 Å². The van der Waals surface area contributed by atoms with Gasteiger partial charge in [0.25, 0.3) is 5.91 Å². The average molecular weight is 598 g/mol. The number of likely N-dealkylation sites (tertiary alicyclic amines) is 1. The number of carbonyl (C=O) groups is 3. The first-order valence-corrected chi connectivity index (χ1v) is 16.0. The van der Waals surface area contributed by atoms with Crippen LogP contribution >= 0.6 is 11.8 Å². The first-order chi connectivity index (χ1) is 20.1. The molecule has 9 heteroatoms. The highest BCUT2D eigenvalue weighted by atomic mass is 32.2. The number of nitrogens with zero attached hydrogens (tertiary/aromatic N) is 3. The summed E-state index contributed by atoms with van der Waals surface area (Å²) in [6.45, 7) is 16.9. The van der Waals surface area contributed by atoms with Crippen LogP contribution in [0, 0.1) is 17.8 Å². The van der Waals surface area contributed by atoms with Crippen molar-refractivity contribution < 1.29 is 24.2 Å². The van der Waals surface area contributed by atoms with Crippen LogP contribution in [0.4, 0.5) is 5.69 Å². The summed E-state index contributed by atoms with van der Waals surface area (Å²) in [5.41, 5.74) is 0.675. The van der Waals surface area contributed by atoms with Crippen LogP contribution in [0.25, 0.3) is 0 Å². The SMILES string of the molecule is C=CCN(CCC)C(=O)[C@H]1[C@H]2C(=O)N([C@@H](CO)[C@@H](C)CC)C(C(=O)N(CC=C)c3ccc(OC)cc3)C23CC[C@]1(C)S3. The molecule has 42 heavy (non-hydrogen) atoms. The zero-order valence-electron chi connectivity index (χ0n) is 25.8. The Hall–Kier alpha value is -2.78. The summed E-state index contributed by atoms with van der Waals surface area (Å²) in [6.07, 6.45) is 6.33. The number of aliphatic hydroxyl groups excluding tert-OH is 1. The highest BCUT2D eigenvalue weighted by Gasteiger charge is 2.78. The number of rotatable bonds is 14. The Bertz CT molecular complexity index is 1190. The number of anilines is 1. The predicted molar refractivity (Wildman–Crippen MR) is 169 cm³/mol. The normalized spacial score (nSPS) is 29.1. The lowest BCUT2D eigenvalue weighted by atomic mass is 9.66. The molecule has 8 nitrogen and oxygen atoms in total. The van der Waals surface area contributed by atoms with Gasteiger partial charge < -0.3 is 24.5 Å². The van der Waals surface area contributed by atoms with Crippen LogP contribution in [0.5, 0.6) is 5.75 Å². The summed E-state index contributed by atoms with van der Waals surface area (Å²) in [7, 11) is 1.59. The maximum absolute atomic E-state index is 14.9. The molecule has 0 radical (unpaired) electrons. The van der Waals surface area contributed by atoms with Gasteiger partial charge in [0.1, 0.15) is 11.8 Å². The standard InChI is InChI=1S/C33H47N3O5S/c1-8-18-34(19-9-2)29(38)26-27-30(39)36(25(21-37)22(5)11-4)28(33(27)17-16-32(26,6)42-33)31(40)35(20-10-3)23-12-14-24(41-7)15-13-23/h8,10,12-15,22,25-28,37H,1,3,9,11,16-21H2,2,4-7H3/t22-,25-,26+,27-,28?,32-,33?/m0/s1. The summed E-state index contributed by atoms with van der Waals surface area (Å²) in [4.78, 5) is 49.0. The van der Waals surface area contributed by atoms with E-state index < -0.39 is 33.4 Å². The molecule has 2 unspecified atom stereocenters. The van der Waals surface area contributed by atoms with E-state index in [1.165, 1.54) is 0 Å². The van der Waals surface area contributed by atoms with Crippen molar-refractivity contribution >= 4 is 35.2 Å². The molecule has 3 fully saturated rings. The van der Waals surface area contributed by atoms with Crippen LogP contribution in [0.3, 0.4) is 0 Å². The predicted octanol–water partition coefficient (Wildman–Crippen LogP) is 4.53. The molecule has 3 aliphatic heterocycles. The molecule has 3 heterocycles. The van der Waals surface area contributed by atoms with Crippen molar-refractivity contribution in [3.05, 3.63) is 49.6 Å². The smallest absolute Gasteiger partial charge is 0.251 e. The third-order valence-electron chi connectivity index (χ3n) is 9.68. The van der Waals surface area contributed by atoms with Crippen molar-refractivity contribution in [3.63, 3.8) is 0 Å². The van der Waals surface area contributed by atoms with E-state index in [0.29, 0.717) is 30.9 Å². The van der Waals surface area contributed by atoms with Crippen molar-refractivity contribution in [3.8, 4) is 5.75 Å². The molecule has 230 valence electrons. The van der Waals surface area contributed by atoms with E-state index in [4.69, 9.17) is 4.74 Å². The molecule has 3 amide bonds. The second-order valence-corrected chi connectivity index (χ2v) is 14.0. The fourth-order valence-corrected chi connectivity index (χ4v) is 9.80. The Labute approximate surface area is 255 Å². The summed E-state index contributed by atoms with van der Waals surface area (Å²) in [5, 5.41) is 10.7. The van der Waals surface area contributed by atoms with Gasteiger partial charge in [-0.05, 0) is 56.4 Å². The first-order valence-electron chi connectivity index (χ1n) is 15.2. The van der Waals surface area contributed by atoms with Crippen LogP contribution in [0.15, 0.2) is 49.6 Å². The van der Waals surface area contributed by atoms with Gasteiger partial charge in [-0.15, -0.1) is 24.9 Å². The summed E-state index contributed by atoms with van der Waals surface area (Å²) in [6, 6.07) is 5.91. The largest absolute Gasteiger partial charge is 0.497 e. The lowest BCUT2D eigenvalue weighted by Crippen LogP contribution is -2.58. The van der Waals surface area contributed by atoms with Crippen LogP contribution in [0.1, 0.15) is 53.4 Å². The van der Waals surface area contributed by atoms with Gasteiger partial charge in [0.05, 0.1) is 36.3 Å². The number of carbonyl (C=O) groups excluding carboxylic acids is 3. The molecule has 1 aromatic carbocycles. The van der Waals surface area contributed by atoms with Crippen molar-refractivity contribution in [1.29, 1.82) is 0 Å². The fraction of sp³-hybridized carbons (Fsp3) is 0.606. The first kappa shape index (κ1) is 32.1. The van der Waals surface area contributed by atoms with Crippen molar-refractivity contribution in [2.45, 2.75) is 75.0 Å². The van der Waals surface area contributed by atoms with Gasteiger partial charge in [-0.25, -0.2) is 0 Å². The minimum atomic E-state index is -0.827. The lowest BCUT2D eigenvalue weighted by Gasteiger charge is -2.41. The second-order valence-electron chi connectivity index (χ2n) is 12.1. The molecular weight excluding hydrogens is 550 g/mol. The summed E-state index contributed by atoms with van der Waals surface area (Å²) in [5.74, 6) is -1.01. The highest BCUT2D eigenvalue weighted by Crippen LogP contribution is 2.72. The molecule has 3 saturated heterocycles. The second kappa shape index (κ2) is 12.8. The lowest BCUT2D eigenvalue weighted by molar-refractivity contribution is -0.147. The fourth-order valence-electron chi connectivity index (χ4n) is 7.47. The molecule has 4 rings (SSSR count). The van der Waals surface area contributed by atoms with E-state index in [0.717, 1.165) is 19.3 Å². The van der Waals surface area contributed by atoms with Crippen molar-refractivity contribution in [2.75, 3.05) is 38.3 Å². The number of hydrogen-bond acceptors (Lipinski definition) is 6. The number of aliphatic hydroxyl groups is 1. The summed E-state index contributed by atoms with van der Waals surface area (Å²) >= 11 is 1.66. The topological polar surface area (TPSA) is 90.4 Å². The van der Waals surface area contributed by atoms with Crippen LogP contribution in [-0.2, 0) is 14.4 Å². The molecule has 7 atom stereocenters. The van der Waals surface area contributed by atoms with E-state index in [1.54, 1.807) is 53.0 Å². The minimum Gasteiger partial charge on any atom is -0.497 e. The number of hydrogen-bond donors (Lipinski definition) is 1. The number of thioether (sulfide) groups is 1. The highest BCUT2D eigenvalue weighted by molar-refractivity contribution is 8.02. The van der Waals surface area contributed by atoms with Gasteiger partial charge in [0, 0.05) is 30.1 Å². The molecular formula is C33H47N3O5S. The molecule has 0 saturated carbocycles. The number of amides is 3. The molecule has 1 spiro atoms. The molecule has 1 N–H and O–H groups in total. The van der Waals surface area contributed by atoms with Crippen molar-refractivity contribution in [1.82, 2.24) is 9.80 Å². The maximum atomic E-state index is 14.9. The Kier molecular flexibility index (Phi) is 9.82. The molecule has 1 aromatic rings. The maximum Gasteiger partial charge on any atom is 0.251 e. The molecule has 2 bridgehead atoms. The Morgan fingerprint density at radius 1 is 1.17 bits per heavy atom. The van der Waals surface area contributed by atoms with Gasteiger partial charge in [0.15, 0.2) is 0 Å². The monoisotopic (exact) mass is 597 g/mol. The van der Waals surface area contributed by atoms with E-state index >= 15 is 0 Å². The summed E-state index contributed by atoms with van der Waals surface area (Å²) < 4.78 is 4.09. The van der Waals surface area contributed by atoms with E-state index in [1.807, 2.05) is 37.8 Å². The Morgan fingerprint density at radius 2 is 1.83 bits per heavy atom. The zero-order valence-corrected chi connectivity index (χ0v) is 26.6. The third kappa shape index (κ3) is 5.17. The quantitative estimate of drug-likeness (QED) is 0.317. The zero-order chi connectivity index (χ0) is 30.8.